The monoisotopic (exact) mass is 212 g/mol. The van der Waals surface area contributed by atoms with Crippen molar-refractivity contribution in [2.24, 2.45) is 4.99 Å². The van der Waals surface area contributed by atoms with Crippen LogP contribution in [0.2, 0.25) is 5.02 Å². The molecule has 2 nitrogen and oxygen atoms in total. The normalized spacial score (nSPS) is 25.1. The quantitative estimate of drug-likeness (QED) is 0.701. The molecule has 73 valence electrons. The molecule has 0 N–H and O–H groups in total. The van der Waals surface area contributed by atoms with Crippen LogP contribution < -0.4 is 0 Å². The van der Waals surface area contributed by atoms with Gasteiger partial charge in [-0.15, -0.1) is 0 Å². The Labute approximate surface area is 86.4 Å². The summed E-state index contributed by atoms with van der Waals surface area (Å²) in [6, 6.07) is 4.36. The molecule has 1 aromatic rings. The molecule has 0 spiro atoms. The first kappa shape index (κ1) is 9.46. The van der Waals surface area contributed by atoms with E-state index in [-0.39, 0.29) is 5.82 Å². The minimum absolute atomic E-state index is 0.364. The molecule has 1 unspecified atom stereocenters. The van der Waals surface area contributed by atoms with E-state index < -0.39 is 5.54 Å². The zero-order chi connectivity index (χ0) is 10.2. The van der Waals surface area contributed by atoms with E-state index in [2.05, 4.69) is 11.4 Å². The fraction of sp³-hybridized carbons (Fsp3) is 0.300. The van der Waals surface area contributed by atoms with Crippen molar-refractivity contribution in [3.05, 3.63) is 34.6 Å². The number of nitrogens with zero attached hydrogens (tertiary/aromatic N) is 1. The molecule has 0 saturated heterocycles. The van der Waals surface area contributed by atoms with Crippen LogP contribution >= 0.6 is 11.6 Å². The van der Waals surface area contributed by atoms with E-state index in [4.69, 9.17) is 16.3 Å². The molecule has 14 heavy (non-hydrogen) atoms. The standard InChI is InChI=1S/C10H8ClFNO/c1-10(5-14-6-13-10)7-2-8(11)4-9(12)3-7/h2-4H,5H2,1H3. The van der Waals surface area contributed by atoms with Crippen LogP contribution in [0.3, 0.4) is 0 Å². The Bertz CT molecular complexity index is 373. The van der Waals surface area contributed by atoms with Gasteiger partial charge in [0.05, 0.1) is 0 Å². The maximum atomic E-state index is 13.1. The summed E-state index contributed by atoms with van der Waals surface area (Å²) in [6.45, 7) is 2.21. The van der Waals surface area contributed by atoms with Crippen LogP contribution in [0, 0.1) is 5.82 Å². The van der Waals surface area contributed by atoms with Gasteiger partial charge < -0.3 is 4.74 Å². The molecule has 1 aromatic carbocycles. The third-order valence-electron chi connectivity index (χ3n) is 2.19. The van der Waals surface area contributed by atoms with E-state index in [1.165, 1.54) is 12.1 Å². The molecule has 1 aliphatic rings. The minimum Gasteiger partial charge on any atom is -0.471 e. The largest absolute Gasteiger partial charge is 0.471 e. The van der Waals surface area contributed by atoms with Crippen LogP contribution in [0.1, 0.15) is 12.5 Å². The molecule has 1 atom stereocenters. The zero-order valence-electron chi connectivity index (χ0n) is 7.55. The van der Waals surface area contributed by atoms with Crippen LogP contribution in [-0.4, -0.2) is 13.0 Å². The van der Waals surface area contributed by atoms with Crippen LogP contribution in [0.4, 0.5) is 4.39 Å². The smallest absolute Gasteiger partial charge is 0.274 e. The lowest BCUT2D eigenvalue weighted by atomic mass is 9.94. The number of hydrogen-bond acceptors (Lipinski definition) is 2. The number of aliphatic imine (C=N–C) groups is 1. The Hall–Kier alpha value is -1.09. The summed E-state index contributed by atoms with van der Waals surface area (Å²) in [6.07, 6.45) is 2.41. The third-order valence-corrected chi connectivity index (χ3v) is 2.41. The fourth-order valence-electron chi connectivity index (χ4n) is 1.35. The van der Waals surface area contributed by atoms with E-state index in [0.29, 0.717) is 17.2 Å². The maximum absolute atomic E-state index is 13.1. The Morgan fingerprint density at radius 1 is 1.57 bits per heavy atom. The van der Waals surface area contributed by atoms with Crippen LogP contribution in [0.5, 0.6) is 0 Å². The molecule has 1 aliphatic heterocycles. The predicted octanol–water partition coefficient (Wildman–Crippen LogP) is 2.63. The molecule has 4 heteroatoms. The summed E-state index contributed by atoms with van der Waals surface area (Å²) >= 11 is 5.75. The lowest BCUT2D eigenvalue weighted by molar-refractivity contribution is 0.276. The molecule has 1 radical (unpaired) electrons. The first-order valence-corrected chi connectivity index (χ1v) is 4.53. The Morgan fingerprint density at radius 2 is 2.36 bits per heavy atom. The van der Waals surface area contributed by atoms with E-state index >= 15 is 0 Å². The second-order valence-corrected chi connectivity index (χ2v) is 3.86. The Balaban J connectivity index is 2.45. The van der Waals surface area contributed by atoms with Gasteiger partial charge in [0.25, 0.3) is 6.40 Å². The van der Waals surface area contributed by atoms with Crippen molar-refractivity contribution in [3.8, 4) is 0 Å². The van der Waals surface area contributed by atoms with Gasteiger partial charge in [0.15, 0.2) is 0 Å². The highest BCUT2D eigenvalue weighted by Gasteiger charge is 2.30. The highest BCUT2D eigenvalue weighted by molar-refractivity contribution is 6.30. The van der Waals surface area contributed by atoms with Gasteiger partial charge >= 0.3 is 0 Å². The lowest BCUT2D eigenvalue weighted by Gasteiger charge is -2.18. The minimum atomic E-state index is -0.564. The van der Waals surface area contributed by atoms with Gasteiger partial charge in [-0.25, -0.2) is 9.38 Å². The lowest BCUT2D eigenvalue weighted by Crippen LogP contribution is -2.20. The van der Waals surface area contributed by atoms with Crippen LogP contribution in [0.25, 0.3) is 0 Å². The highest BCUT2D eigenvalue weighted by Crippen LogP contribution is 2.30. The summed E-state index contributed by atoms with van der Waals surface area (Å²) in [4.78, 5) is 4.02. The van der Waals surface area contributed by atoms with Gasteiger partial charge in [-0.2, -0.15) is 0 Å². The molecular weight excluding hydrogens is 205 g/mol. The number of ether oxygens (including phenoxy) is 1. The maximum Gasteiger partial charge on any atom is 0.274 e. The molecule has 1 heterocycles. The average molecular weight is 213 g/mol. The second-order valence-electron chi connectivity index (χ2n) is 3.42. The summed E-state index contributed by atoms with van der Waals surface area (Å²) in [5.74, 6) is -0.365. The molecule has 0 amide bonds. The molecular formula is C10H8ClFNO. The average Bonchev–Trinajstić information content (AvgIpc) is 2.52. The molecule has 2 rings (SSSR count). The van der Waals surface area contributed by atoms with Crippen LogP contribution in [0.15, 0.2) is 23.2 Å². The summed E-state index contributed by atoms with van der Waals surface area (Å²) < 4.78 is 18.0. The van der Waals surface area contributed by atoms with Crippen molar-refractivity contribution in [1.82, 2.24) is 0 Å². The van der Waals surface area contributed by atoms with Gasteiger partial charge in [0.1, 0.15) is 18.0 Å². The Morgan fingerprint density at radius 3 is 2.93 bits per heavy atom. The third kappa shape index (κ3) is 1.60. The molecule has 0 aromatic heterocycles. The van der Waals surface area contributed by atoms with Crippen molar-refractivity contribution < 1.29 is 9.13 Å². The number of benzene rings is 1. The SMILES string of the molecule is CC1(c2cc(F)cc(Cl)c2)CO[C]=N1. The molecule has 0 aliphatic carbocycles. The van der Waals surface area contributed by atoms with Gasteiger partial charge in [-0.1, -0.05) is 11.6 Å². The van der Waals surface area contributed by atoms with E-state index in [0.717, 1.165) is 0 Å². The molecule has 0 bridgehead atoms. The van der Waals surface area contributed by atoms with E-state index in [9.17, 15) is 4.39 Å². The van der Waals surface area contributed by atoms with Crippen LogP contribution in [-0.2, 0) is 10.3 Å². The van der Waals surface area contributed by atoms with Gasteiger partial charge in [-0.05, 0) is 30.7 Å². The van der Waals surface area contributed by atoms with Gasteiger partial charge in [0, 0.05) is 5.02 Å². The van der Waals surface area contributed by atoms with Crippen molar-refractivity contribution in [2.45, 2.75) is 12.5 Å². The molecule has 0 fully saturated rings. The zero-order valence-corrected chi connectivity index (χ0v) is 8.31. The highest BCUT2D eigenvalue weighted by atomic mass is 35.5. The predicted molar refractivity (Wildman–Crippen MR) is 52.1 cm³/mol. The van der Waals surface area contributed by atoms with Gasteiger partial charge in [0.2, 0.25) is 0 Å². The summed E-state index contributed by atoms with van der Waals surface area (Å²) in [7, 11) is 0. The second kappa shape index (κ2) is 3.24. The number of halogens is 2. The first-order valence-electron chi connectivity index (χ1n) is 4.15. The summed E-state index contributed by atoms with van der Waals surface area (Å²) in [5, 5.41) is 0.364. The van der Waals surface area contributed by atoms with E-state index in [1.807, 2.05) is 6.92 Å². The van der Waals surface area contributed by atoms with Crippen molar-refractivity contribution in [1.29, 1.82) is 0 Å². The first-order chi connectivity index (χ1) is 6.60. The topological polar surface area (TPSA) is 21.6 Å². The number of rotatable bonds is 1. The fourth-order valence-corrected chi connectivity index (χ4v) is 1.57. The van der Waals surface area contributed by atoms with Crippen molar-refractivity contribution in [2.75, 3.05) is 6.61 Å². The van der Waals surface area contributed by atoms with Crippen molar-refractivity contribution in [3.63, 3.8) is 0 Å². The van der Waals surface area contributed by atoms with E-state index in [1.54, 1.807) is 6.07 Å². The number of hydrogen-bond donors (Lipinski definition) is 0. The molecule has 0 saturated carbocycles. The van der Waals surface area contributed by atoms with Crippen molar-refractivity contribution >= 4 is 18.0 Å². The Kier molecular flexibility index (Phi) is 2.19. The van der Waals surface area contributed by atoms with Gasteiger partial charge in [-0.3, -0.25) is 0 Å². The summed E-state index contributed by atoms with van der Waals surface area (Å²) in [5.41, 5.74) is 0.138.